The number of tetrazole rings is 1. The summed E-state index contributed by atoms with van der Waals surface area (Å²) in [5.41, 5.74) is 0. The standard InChI is InChI=1S/C11H19N7OS/c1-8(2)6-12-4-5-18-11(14-16-17-18)20-7-10-13-9(3)19-15-10/h8,12H,4-7H2,1-3H3. The second-order valence-corrected chi connectivity index (χ2v) is 5.74. The van der Waals surface area contributed by atoms with Gasteiger partial charge in [-0.3, -0.25) is 0 Å². The molecule has 0 aliphatic carbocycles. The fourth-order valence-electron chi connectivity index (χ4n) is 1.54. The lowest BCUT2D eigenvalue weighted by atomic mass is 10.2. The van der Waals surface area contributed by atoms with Gasteiger partial charge in [-0.15, -0.1) is 5.10 Å². The van der Waals surface area contributed by atoms with E-state index in [4.69, 9.17) is 4.52 Å². The van der Waals surface area contributed by atoms with Crippen LogP contribution in [0.4, 0.5) is 0 Å². The summed E-state index contributed by atoms with van der Waals surface area (Å²) in [5, 5.41) is 19.7. The highest BCUT2D eigenvalue weighted by atomic mass is 32.2. The summed E-state index contributed by atoms with van der Waals surface area (Å²) >= 11 is 1.50. The summed E-state index contributed by atoms with van der Waals surface area (Å²) in [6, 6.07) is 0. The van der Waals surface area contributed by atoms with Crippen molar-refractivity contribution in [2.24, 2.45) is 5.92 Å². The van der Waals surface area contributed by atoms with Crippen LogP contribution in [0.2, 0.25) is 0 Å². The van der Waals surface area contributed by atoms with E-state index in [0.29, 0.717) is 23.4 Å². The zero-order valence-electron chi connectivity index (χ0n) is 11.9. The zero-order valence-corrected chi connectivity index (χ0v) is 12.7. The Bertz CT molecular complexity index is 524. The molecular weight excluding hydrogens is 278 g/mol. The van der Waals surface area contributed by atoms with Crippen LogP contribution in [0.5, 0.6) is 0 Å². The molecule has 2 rings (SSSR count). The number of rotatable bonds is 8. The van der Waals surface area contributed by atoms with Crippen LogP contribution in [0.15, 0.2) is 9.68 Å². The second-order valence-electron chi connectivity index (χ2n) is 4.80. The van der Waals surface area contributed by atoms with Gasteiger partial charge in [0.25, 0.3) is 0 Å². The Morgan fingerprint density at radius 2 is 2.25 bits per heavy atom. The van der Waals surface area contributed by atoms with Crippen LogP contribution in [0.1, 0.15) is 25.6 Å². The van der Waals surface area contributed by atoms with E-state index in [0.717, 1.165) is 24.8 Å². The monoisotopic (exact) mass is 297 g/mol. The lowest BCUT2D eigenvalue weighted by molar-refractivity contribution is 0.389. The normalized spacial score (nSPS) is 11.4. The summed E-state index contributed by atoms with van der Waals surface area (Å²) in [6.07, 6.45) is 0. The molecule has 1 N–H and O–H groups in total. The molecule has 110 valence electrons. The SMILES string of the molecule is Cc1nc(CSc2nnnn2CCNCC(C)C)no1. The topological polar surface area (TPSA) is 94.5 Å². The number of hydrogen-bond donors (Lipinski definition) is 1. The van der Waals surface area contributed by atoms with Gasteiger partial charge in [0.2, 0.25) is 11.0 Å². The number of hydrogen-bond acceptors (Lipinski definition) is 8. The average molecular weight is 297 g/mol. The quantitative estimate of drug-likeness (QED) is 0.567. The molecule has 0 aromatic carbocycles. The average Bonchev–Trinajstić information content (AvgIpc) is 3.01. The van der Waals surface area contributed by atoms with E-state index in [9.17, 15) is 0 Å². The predicted octanol–water partition coefficient (Wildman–Crippen LogP) is 0.902. The Morgan fingerprint density at radius 1 is 1.40 bits per heavy atom. The van der Waals surface area contributed by atoms with E-state index in [1.807, 2.05) is 0 Å². The molecule has 0 fully saturated rings. The molecule has 2 aromatic heterocycles. The Hall–Kier alpha value is -1.48. The van der Waals surface area contributed by atoms with E-state index in [-0.39, 0.29) is 0 Å². The minimum absolute atomic E-state index is 0.568. The highest BCUT2D eigenvalue weighted by molar-refractivity contribution is 7.98. The number of thioether (sulfide) groups is 1. The second kappa shape index (κ2) is 7.34. The van der Waals surface area contributed by atoms with E-state index >= 15 is 0 Å². The number of aryl methyl sites for hydroxylation is 1. The molecule has 9 heteroatoms. The smallest absolute Gasteiger partial charge is 0.223 e. The molecule has 20 heavy (non-hydrogen) atoms. The van der Waals surface area contributed by atoms with Crippen LogP contribution in [0, 0.1) is 12.8 Å². The fraction of sp³-hybridized carbons (Fsp3) is 0.727. The van der Waals surface area contributed by atoms with Crippen molar-refractivity contribution in [3.05, 3.63) is 11.7 Å². The summed E-state index contributed by atoms with van der Waals surface area (Å²) in [4.78, 5) is 4.15. The van der Waals surface area contributed by atoms with E-state index in [1.165, 1.54) is 11.8 Å². The van der Waals surface area contributed by atoms with E-state index < -0.39 is 0 Å². The van der Waals surface area contributed by atoms with Crippen LogP contribution in [-0.2, 0) is 12.3 Å². The van der Waals surface area contributed by atoms with Crippen molar-refractivity contribution in [1.82, 2.24) is 35.7 Å². The molecule has 0 saturated heterocycles. The van der Waals surface area contributed by atoms with Gasteiger partial charge in [-0.05, 0) is 22.9 Å². The Kier molecular flexibility index (Phi) is 5.48. The summed E-state index contributed by atoms with van der Waals surface area (Å²) in [6.45, 7) is 8.71. The van der Waals surface area contributed by atoms with Gasteiger partial charge in [-0.2, -0.15) is 4.98 Å². The number of nitrogens with zero attached hydrogens (tertiary/aromatic N) is 6. The largest absolute Gasteiger partial charge is 0.340 e. The maximum Gasteiger partial charge on any atom is 0.223 e. The first-order chi connectivity index (χ1) is 9.65. The maximum atomic E-state index is 4.92. The predicted molar refractivity (Wildman–Crippen MR) is 74.1 cm³/mol. The molecule has 2 heterocycles. The molecule has 0 unspecified atom stereocenters. The zero-order chi connectivity index (χ0) is 14.4. The highest BCUT2D eigenvalue weighted by Gasteiger charge is 2.09. The van der Waals surface area contributed by atoms with Crippen molar-refractivity contribution in [2.75, 3.05) is 13.1 Å². The summed E-state index contributed by atoms with van der Waals surface area (Å²) in [7, 11) is 0. The minimum Gasteiger partial charge on any atom is -0.340 e. The molecule has 0 aliphatic rings. The molecule has 0 saturated carbocycles. The van der Waals surface area contributed by atoms with Crippen LogP contribution in [0.3, 0.4) is 0 Å². The first-order valence-electron chi connectivity index (χ1n) is 6.54. The highest BCUT2D eigenvalue weighted by Crippen LogP contribution is 2.17. The van der Waals surface area contributed by atoms with Crippen LogP contribution in [-0.4, -0.2) is 43.4 Å². The van der Waals surface area contributed by atoms with Gasteiger partial charge < -0.3 is 9.84 Å². The molecule has 0 amide bonds. The molecule has 0 aliphatic heterocycles. The minimum atomic E-state index is 0.568. The van der Waals surface area contributed by atoms with E-state index in [1.54, 1.807) is 11.6 Å². The lowest BCUT2D eigenvalue weighted by Gasteiger charge is -2.07. The molecule has 0 spiro atoms. The number of nitrogens with one attached hydrogen (secondary N) is 1. The molecule has 0 atom stereocenters. The Balaban J connectivity index is 1.79. The van der Waals surface area contributed by atoms with Gasteiger partial charge in [0.05, 0.1) is 12.3 Å². The van der Waals surface area contributed by atoms with Crippen molar-refractivity contribution in [2.45, 2.75) is 38.2 Å². The third-order valence-electron chi connectivity index (χ3n) is 2.45. The van der Waals surface area contributed by atoms with Crippen molar-refractivity contribution in [3.63, 3.8) is 0 Å². The summed E-state index contributed by atoms with van der Waals surface area (Å²) in [5.74, 6) is 2.45. The van der Waals surface area contributed by atoms with E-state index in [2.05, 4.69) is 44.8 Å². The van der Waals surface area contributed by atoms with Crippen molar-refractivity contribution in [1.29, 1.82) is 0 Å². The molecular formula is C11H19N7OS. The van der Waals surface area contributed by atoms with Crippen LogP contribution in [0.25, 0.3) is 0 Å². The molecule has 8 nitrogen and oxygen atoms in total. The van der Waals surface area contributed by atoms with Crippen molar-refractivity contribution >= 4 is 11.8 Å². The van der Waals surface area contributed by atoms with Gasteiger partial charge in [-0.25, -0.2) is 4.68 Å². The number of aromatic nitrogens is 6. The molecule has 0 bridgehead atoms. The summed E-state index contributed by atoms with van der Waals surface area (Å²) < 4.78 is 6.71. The van der Waals surface area contributed by atoms with Gasteiger partial charge in [0.15, 0.2) is 5.82 Å². The van der Waals surface area contributed by atoms with Gasteiger partial charge in [-0.1, -0.05) is 30.8 Å². The first kappa shape index (κ1) is 14.9. The van der Waals surface area contributed by atoms with Gasteiger partial charge in [0, 0.05) is 13.5 Å². The van der Waals surface area contributed by atoms with Crippen molar-refractivity contribution in [3.8, 4) is 0 Å². The van der Waals surface area contributed by atoms with Crippen LogP contribution >= 0.6 is 11.8 Å². The third kappa shape index (κ3) is 4.57. The lowest BCUT2D eigenvalue weighted by Crippen LogP contribution is -2.24. The molecule has 2 aromatic rings. The van der Waals surface area contributed by atoms with Crippen molar-refractivity contribution < 1.29 is 4.52 Å². The Morgan fingerprint density at radius 3 is 2.95 bits per heavy atom. The maximum absolute atomic E-state index is 4.92. The van der Waals surface area contributed by atoms with Gasteiger partial charge in [0.1, 0.15) is 0 Å². The van der Waals surface area contributed by atoms with Crippen LogP contribution < -0.4 is 5.32 Å². The Labute approximate surface area is 121 Å². The fourth-order valence-corrected chi connectivity index (χ4v) is 2.29. The molecule has 0 radical (unpaired) electrons. The third-order valence-corrected chi connectivity index (χ3v) is 3.41. The van der Waals surface area contributed by atoms with Gasteiger partial charge >= 0.3 is 0 Å². The first-order valence-corrected chi connectivity index (χ1v) is 7.52.